The quantitative estimate of drug-likeness (QED) is 0.176. The predicted octanol–water partition coefficient (Wildman–Crippen LogP) is 8.90. The SMILES string of the molecule is [O-][S+](C1(c2ccccc2Cl)C=C(Br)[CH]C(Br)(c2ccccc2Cl)C1)C(F)(F)C(F)(F)C(F)(F)F. The van der Waals surface area contributed by atoms with Crippen LogP contribution in [-0.4, -0.2) is 21.9 Å². The van der Waals surface area contributed by atoms with Crippen molar-refractivity contribution >= 4 is 66.2 Å². The molecule has 1 aliphatic carbocycles. The Hall–Kier alpha value is -0.460. The van der Waals surface area contributed by atoms with Gasteiger partial charge in [-0.1, -0.05) is 91.5 Å². The van der Waals surface area contributed by atoms with Crippen molar-refractivity contribution in [2.24, 2.45) is 0 Å². The Morgan fingerprint density at radius 3 is 1.79 bits per heavy atom. The Bertz CT molecular complexity index is 1110. The van der Waals surface area contributed by atoms with Crippen LogP contribution in [-0.2, 0) is 20.2 Å². The van der Waals surface area contributed by atoms with Crippen molar-refractivity contribution in [3.05, 3.63) is 86.7 Å². The summed E-state index contributed by atoms with van der Waals surface area (Å²) in [7, 11) is 0. The summed E-state index contributed by atoms with van der Waals surface area (Å²) in [5.74, 6) is -6.60. The first-order valence-electron chi connectivity index (χ1n) is 9.17. The summed E-state index contributed by atoms with van der Waals surface area (Å²) in [5, 5.41) is -6.14. The van der Waals surface area contributed by atoms with Gasteiger partial charge in [-0.05, 0) is 23.8 Å². The molecule has 13 heteroatoms. The van der Waals surface area contributed by atoms with E-state index in [2.05, 4.69) is 31.9 Å². The first-order valence-corrected chi connectivity index (χ1v) is 12.7. The van der Waals surface area contributed by atoms with Gasteiger partial charge in [-0.3, -0.25) is 0 Å². The second-order valence-electron chi connectivity index (χ2n) is 7.42. The van der Waals surface area contributed by atoms with Crippen LogP contribution in [0.3, 0.4) is 0 Å². The van der Waals surface area contributed by atoms with Gasteiger partial charge in [-0.2, -0.15) is 22.0 Å². The lowest BCUT2D eigenvalue weighted by atomic mass is 9.78. The molecule has 0 amide bonds. The van der Waals surface area contributed by atoms with Crippen LogP contribution in [0.5, 0.6) is 0 Å². The molecule has 2 aromatic rings. The molecule has 3 unspecified atom stereocenters. The number of allylic oxidation sites excluding steroid dienone is 1. The average Bonchev–Trinajstić information content (AvgIpc) is 2.72. The lowest BCUT2D eigenvalue weighted by Crippen LogP contribution is -2.61. The highest BCUT2D eigenvalue weighted by Gasteiger charge is 2.82. The molecule has 1 aliphatic rings. The number of halogens is 11. The maximum absolute atomic E-state index is 14.9. The topological polar surface area (TPSA) is 23.1 Å². The van der Waals surface area contributed by atoms with Crippen LogP contribution < -0.4 is 0 Å². The van der Waals surface area contributed by atoms with Gasteiger partial charge in [-0.25, -0.2) is 0 Å². The highest BCUT2D eigenvalue weighted by molar-refractivity contribution is 9.12. The van der Waals surface area contributed by atoms with Gasteiger partial charge < -0.3 is 4.55 Å². The summed E-state index contributed by atoms with van der Waals surface area (Å²) < 4.78 is 106. The molecule has 0 heterocycles. The normalized spacial score (nSPS) is 25.1. The molecule has 1 radical (unpaired) electrons. The second kappa shape index (κ2) is 9.45. The lowest BCUT2D eigenvalue weighted by molar-refractivity contribution is -0.332. The van der Waals surface area contributed by atoms with E-state index in [9.17, 15) is 35.3 Å². The van der Waals surface area contributed by atoms with Crippen molar-refractivity contribution in [3.63, 3.8) is 0 Å². The molecule has 0 spiro atoms. The maximum atomic E-state index is 14.9. The zero-order valence-corrected chi connectivity index (χ0v) is 22.0. The molecule has 2 aromatic carbocycles. The molecule has 3 atom stereocenters. The highest BCUT2D eigenvalue weighted by Crippen LogP contribution is 2.61. The number of rotatable bonds is 5. The second-order valence-corrected chi connectivity index (χ2v) is 12.3. The minimum absolute atomic E-state index is 0.00469. The Morgan fingerprint density at radius 2 is 1.32 bits per heavy atom. The third kappa shape index (κ3) is 4.65. The van der Waals surface area contributed by atoms with E-state index in [4.69, 9.17) is 23.2 Å². The molecule has 0 aliphatic heterocycles. The van der Waals surface area contributed by atoms with Crippen LogP contribution in [0.2, 0.25) is 10.0 Å². The van der Waals surface area contributed by atoms with Crippen molar-refractivity contribution in [3.8, 4) is 0 Å². The molecule has 1 nitrogen and oxygen atoms in total. The standard InChI is InChI=1S/C21H12Br2Cl2F7OS/c22-12-9-17(23,13-5-1-3-7-15(13)24)11-18(10-12,14-6-2-4-8-16(14)25)34(33)21(31,32)19(26,27)20(28,29)30/h1-10H,11H2. The minimum atomic E-state index is -6.66. The third-order valence-corrected chi connectivity index (χ3v) is 9.11. The minimum Gasteiger partial charge on any atom is -0.611 e. The summed E-state index contributed by atoms with van der Waals surface area (Å²) in [6.07, 6.45) is -5.00. The van der Waals surface area contributed by atoms with Crippen LogP contribution in [0.25, 0.3) is 0 Å². The van der Waals surface area contributed by atoms with Crippen molar-refractivity contribution in [2.75, 3.05) is 0 Å². The molecular formula is C21H12Br2Cl2F7OS. The van der Waals surface area contributed by atoms with E-state index >= 15 is 0 Å². The third-order valence-electron chi connectivity index (χ3n) is 5.19. The molecule has 3 rings (SSSR count). The Labute approximate surface area is 220 Å². The van der Waals surface area contributed by atoms with E-state index < -0.39 is 44.0 Å². The lowest BCUT2D eigenvalue weighted by Gasteiger charge is -2.46. The van der Waals surface area contributed by atoms with Crippen molar-refractivity contribution in [1.29, 1.82) is 0 Å². The van der Waals surface area contributed by atoms with Crippen molar-refractivity contribution in [2.45, 2.75) is 32.8 Å². The van der Waals surface area contributed by atoms with Gasteiger partial charge in [-0.15, -0.1) is 8.78 Å². The van der Waals surface area contributed by atoms with Crippen molar-refractivity contribution in [1.82, 2.24) is 0 Å². The number of alkyl halides is 8. The van der Waals surface area contributed by atoms with Crippen LogP contribution in [0.4, 0.5) is 30.7 Å². The van der Waals surface area contributed by atoms with E-state index in [1.165, 1.54) is 36.8 Å². The smallest absolute Gasteiger partial charge is 0.482 e. The van der Waals surface area contributed by atoms with Crippen LogP contribution in [0.1, 0.15) is 17.5 Å². The molecule has 34 heavy (non-hydrogen) atoms. The fraction of sp³-hybridized carbons (Fsp3) is 0.286. The highest BCUT2D eigenvalue weighted by atomic mass is 79.9. The Balaban J connectivity index is 2.32. The average molecular weight is 676 g/mol. The molecule has 0 saturated heterocycles. The number of hydrogen-bond acceptors (Lipinski definition) is 1. The monoisotopic (exact) mass is 673 g/mol. The first-order chi connectivity index (χ1) is 15.5. The van der Waals surface area contributed by atoms with Gasteiger partial charge in [0.1, 0.15) is 0 Å². The molecule has 0 aromatic heterocycles. The molecule has 0 N–H and O–H groups in total. The largest absolute Gasteiger partial charge is 0.611 e. The Morgan fingerprint density at radius 1 is 0.853 bits per heavy atom. The van der Waals surface area contributed by atoms with E-state index in [-0.39, 0.29) is 25.7 Å². The summed E-state index contributed by atoms with van der Waals surface area (Å²) in [6, 6.07) is 11.2. The van der Waals surface area contributed by atoms with Crippen LogP contribution >= 0.6 is 55.1 Å². The molecule has 185 valence electrons. The summed E-state index contributed by atoms with van der Waals surface area (Å²) >= 11 is 14.7. The van der Waals surface area contributed by atoms with Gasteiger partial charge in [0.2, 0.25) is 0 Å². The van der Waals surface area contributed by atoms with E-state index in [0.717, 1.165) is 12.1 Å². The van der Waals surface area contributed by atoms with E-state index in [1.54, 1.807) is 12.1 Å². The summed E-state index contributed by atoms with van der Waals surface area (Å²) in [4.78, 5) is 0. The fourth-order valence-electron chi connectivity index (χ4n) is 3.64. The van der Waals surface area contributed by atoms with Crippen molar-refractivity contribution < 1.29 is 35.3 Å². The Kier molecular flexibility index (Phi) is 7.81. The molecule has 0 saturated carbocycles. The zero-order valence-electron chi connectivity index (χ0n) is 16.5. The summed E-state index contributed by atoms with van der Waals surface area (Å²) in [5.41, 5.74) is -0.0466. The van der Waals surface area contributed by atoms with Gasteiger partial charge in [0, 0.05) is 44.1 Å². The van der Waals surface area contributed by atoms with Gasteiger partial charge in [0.05, 0.1) is 4.32 Å². The zero-order chi connectivity index (χ0) is 25.7. The molecule has 0 bridgehead atoms. The molecular weight excluding hydrogens is 664 g/mol. The van der Waals surface area contributed by atoms with Crippen LogP contribution in [0, 0.1) is 6.42 Å². The van der Waals surface area contributed by atoms with E-state index in [1.807, 2.05) is 0 Å². The number of benzene rings is 2. The first kappa shape index (κ1) is 28.1. The van der Waals surface area contributed by atoms with Gasteiger partial charge in [0.15, 0.2) is 4.75 Å². The van der Waals surface area contributed by atoms with Crippen LogP contribution in [0.15, 0.2) is 59.1 Å². The fourth-order valence-corrected chi connectivity index (χ4v) is 8.66. The maximum Gasteiger partial charge on any atom is 0.482 e. The van der Waals surface area contributed by atoms with Gasteiger partial charge in [0.25, 0.3) is 0 Å². The van der Waals surface area contributed by atoms with Gasteiger partial charge >= 0.3 is 17.4 Å². The summed E-state index contributed by atoms with van der Waals surface area (Å²) in [6.45, 7) is 0. The predicted molar refractivity (Wildman–Crippen MR) is 125 cm³/mol. The molecule has 0 fully saturated rings. The number of hydrogen-bond donors (Lipinski definition) is 0. The van der Waals surface area contributed by atoms with E-state index in [0.29, 0.717) is 0 Å².